The molecule has 0 fully saturated rings. The molecule has 0 aliphatic carbocycles. The van der Waals surface area contributed by atoms with E-state index in [1.807, 2.05) is 12.1 Å². The lowest BCUT2D eigenvalue weighted by Gasteiger charge is -2.33. The predicted octanol–water partition coefficient (Wildman–Crippen LogP) is 6.75. The molecule has 10 heteroatoms. The Morgan fingerprint density at radius 1 is 0.618 bits per heavy atom. The summed E-state index contributed by atoms with van der Waals surface area (Å²) >= 11 is 0. The van der Waals surface area contributed by atoms with E-state index >= 15 is 0 Å². The standard InChI is InChI=1S/C45H48O10/c1-3-45(44(51)52,26-12-14-27-53-40(47)30-33-17-15-23-37(29-33)41(48)34-18-7-4-8-19-34)55-39(46)25-11-6-13-28-54-43(50)32(2)36-22-16-24-38(31-36)42(49)35-20-9-5-10-21-35/h4-5,7-10,15-24,29,31-32H,3,6,11-14,25-28,30H2,1-2H3,(H,51,52)/p-1. The van der Waals surface area contributed by atoms with Crippen molar-refractivity contribution in [3.05, 3.63) is 143 Å². The fraction of sp³-hybridized carbons (Fsp3) is 0.333. The van der Waals surface area contributed by atoms with Crippen molar-refractivity contribution in [2.75, 3.05) is 13.2 Å². The maximum Gasteiger partial charge on any atom is 0.313 e. The first-order valence-electron chi connectivity index (χ1n) is 18.7. The van der Waals surface area contributed by atoms with Crippen molar-refractivity contribution in [3.63, 3.8) is 0 Å². The van der Waals surface area contributed by atoms with Crippen molar-refractivity contribution in [2.45, 2.75) is 83.2 Å². The van der Waals surface area contributed by atoms with Crippen LogP contribution in [0.1, 0.15) is 114 Å². The zero-order valence-corrected chi connectivity index (χ0v) is 31.3. The molecule has 2 unspecified atom stereocenters. The molecule has 4 aromatic rings. The lowest BCUT2D eigenvalue weighted by atomic mass is 9.93. The molecule has 0 heterocycles. The average Bonchev–Trinajstić information content (AvgIpc) is 3.21. The average molecular weight is 748 g/mol. The van der Waals surface area contributed by atoms with Crippen LogP contribution in [0, 0.1) is 0 Å². The normalized spacial score (nSPS) is 12.5. The molecule has 0 saturated carbocycles. The van der Waals surface area contributed by atoms with Crippen molar-refractivity contribution < 1.29 is 48.1 Å². The Bertz CT molecular complexity index is 1920. The molecular formula is C45H47O10-. The zero-order valence-electron chi connectivity index (χ0n) is 31.3. The molecule has 0 radical (unpaired) electrons. The summed E-state index contributed by atoms with van der Waals surface area (Å²) in [5.74, 6) is -3.93. The van der Waals surface area contributed by atoms with Crippen LogP contribution in [0.25, 0.3) is 0 Å². The van der Waals surface area contributed by atoms with E-state index in [2.05, 4.69) is 0 Å². The minimum atomic E-state index is -1.80. The van der Waals surface area contributed by atoms with Crippen LogP contribution in [0.3, 0.4) is 0 Å². The molecule has 0 N–H and O–H groups in total. The van der Waals surface area contributed by atoms with Gasteiger partial charge in [-0.2, -0.15) is 0 Å². The Labute approximate surface area is 321 Å². The summed E-state index contributed by atoms with van der Waals surface area (Å²) in [6.07, 6.45) is 2.06. The fourth-order valence-corrected chi connectivity index (χ4v) is 6.04. The van der Waals surface area contributed by atoms with Crippen LogP contribution in [-0.2, 0) is 39.8 Å². The number of ketones is 2. The maximum atomic E-state index is 12.8. The van der Waals surface area contributed by atoms with Crippen molar-refractivity contribution in [1.29, 1.82) is 0 Å². The van der Waals surface area contributed by atoms with Gasteiger partial charge in [-0.15, -0.1) is 0 Å². The highest BCUT2D eigenvalue weighted by Crippen LogP contribution is 2.25. The molecule has 0 spiro atoms. The number of esters is 3. The van der Waals surface area contributed by atoms with E-state index in [0.717, 1.165) is 0 Å². The van der Waals surface area contributed by atoms with Gasteiger partial charge in [0.25, 0.3) is 0 Å². The highest BCUT2D eigenvalue weighted by atomic mass is 16.6. The lowest BCUT2D eigenvalue weighted by molar-refractivity contribution is -0.326. The third kappa shape index (κ3) is 12.6. The Kier molecular flexibility index (Phi) is 16.1. The number of hydrogen-bond donors (Lipinski definition) is 0. The summed E-state index contributed by atoms with van der Waals surface area (Å²) in [6, 6.07) is 31.5. The SMILES string of the molecule is CCC(CCCCOC(=O)Cc1cccc(C(=O)c2ccccc2)c1)(OC(=O)CCCCCOC(=O)C(C)c1cccc(C(=O)c2ccccc2)c1)C(=O)[O-]. The van der Waals surface area contributed by atoms with Crippen molar-refractivity contribution in [1.82, 2.24) is 0 Å². The monoisotopic (exact) mass is 747 g/mol. The van der Waals surface area contributed by atoms with Crippen molar-refractivity contribution in [2.24, 2.45) is 0 Å². The van der Waals surface area contributed by atoms with Gasteiger partial charge in [0.1, 0.15) is 0 Å². The summed E-state index contributed by atoms with van der Waals surface area (Å²) in [7, 11) is 0. The number of benzene rings is 4. The first-order valence-corrected chi connectivity index (χ1v) is 18.7. The van der Waals surface area contributed by atoms with Crippen LogP contribution in [-0.4, -0.2) is 54.3 Å². The number of carboxylic acids is 1. The second kappa shape index (κ2) is 21.1. The van der Waals surface area contributed by atoms with E-state index in [1.54, 1.807) is 111 Å². The Balaban J connectivity index is 1.12. The minimum absolute atomic E-state index is 0.00374. The number of carbonyl (C=O) groups is 6. The van der Waals surface area contributed by atoms with Gasteiger partial charge in [0.2, 0.25) is 0 Å². The van der Waals surface area contributed by atoms with Gasteiger partial charge in [-0.05, 0) is 75.1 Å². The van der Waals surface area contributed by atoms with E-state index in [1.165, 1.54) is 0 Å². The Hall–Kier alpha value is -5.90. The molecule has 2 atom stereocenters. The number of carbonyl (C=O) groups excluding carboxylic acids is 6. The van der Waals surface area contributed by atoms with Crippen molar-refractivity contribution >= 4 is 35.4 Å². The predicted molar refractivity (Wildman–Crippen MR) is 203 cm³/mol. The molecule has 55 heavy (non-hydrogen) atoms. The summed E-state index contributed by atoms with van der Waals surface area (Å²) in [5, 5.41) is 12.1. The molecule has 288 valence electrons. The zero-order chi connectivity index (χ0) is 39.6. The van der Waals surface area contributed by atoms with E-state index in [-0.39, 0.29) is 50.5 Å². The number of rotatable bonds is 22. The second-order valence-electron chi connectivity index (χ2n) is 13.4. The molecule has 4 rings (SSSR count). The van der Waals surface area contributed by atoms with Gasteiger partial charge in [0.15, 0.2) is 17.2 Å². The van der Waals surface area contributed by atoms with Crippen molar-refractivity contribution in [3.8, 4) is 0 Å². The van der Waals surface area contributed by atoms with E-state index in [9.17, 15) is 33.9 Å². The molecule has 0 bridgehead atoms. The topological polar surface area (TPSA) is 153 Å². The van der Waals surface area contributed by atoms with Gasteiger partial charge >= 0.3 is 17.9 Å². The molecule has 4 aromatic carbocycles. The molecule has 0 aliphatic rings. The Morgan fingerprint density at radius 3 is 1.80 bits per heavy atom. The number of unbranched alkanes of at least 4 members (excludes halogenated alkanes) is 3. The Morgan fingerprint density at radius 2 is 1.18 bits per heavy atom. The third-order valence-corrected chi connectivity index (χ3v) is 9.37. The quantitative estimate of drug-likeness (QED) is 0.0365. The van der Waals surface area contributed by atoms with Crippen LogP contribution in [0.2, 0.25) is 0 Å². The number of hydrogen-bond acceptors (Lipinski definition) is 10. The highest BCUT2D eigenvalue weighted by molar-refractivity contribution is 6.09. The molecular weight excluding hydrogens is 700 g/mol. The number of aliphatic carboxylic acids is 1. The first kappa shape index (κ1) is 41.9. The van der Waals surface area contributed by atoms with Crippen LogP contribution in [0.15, 0.2) is 109 Å². The largest absolute Gasteiger partial charge is 0.546 e. The van der Waals surface area contributed by atoms with E-state index < -0.39 is 35.4 Å². The second-order valence-corrected chi connectivity index (χ2v) is 13.4. The van der Waals surface area contributed by atoms with Gasteiger partial charge in [-0.3, -0.25) is 24.0 Å². The van der Waals surface area contributed by atoms with Gasteiger partial charge in [0.05, 0.1) is 31.5 Å². The minimum Gasteiger partial charge on any atom is -0.546 e. The van der Waals surface area contributed by atoms with Crippen LogP contribution in [0.4, 0.5) is 0 Å². The number of carboxylic acid groups (broad SMARTS) is 1. The van der Waals surface area contributed by atoms with Gasteiger partial charge in [-0.1, -0.05) is 104 Å². The molecule has 10 nitrogen and oxygen atoms in total. The fourth-order valence-electron chi connectivity index (χ4n) is 6.04. The molecule has 0 amide bonds. The van der Waals surface area contributed by atoms with Crippen LogP contribution in [0.5, 0.6) is 0 Å². The van der Waals surface area contributed by atoms with E-state index in [0.29, 0.717) is 65.5 Å². The molecule has 0 saturated heterocycles. The summed E-state index contributed by atoms with van der Waals surface area (Å²) in [5.41, 5.74) is 1.55. The van der Waals surface area contributed by atoms with E-state index in [4.69, 9.17) is 14.2 Å². The third-order valence-electron chi connectivity index (χ3n) is 9.37. The molecule has 0 aliphatic heterocycles. The van der Waals surface area contributed by atoms with Gasteiger partial charge in [-0.25, -0.2) is 0 Å². The summed E-state index contributed by atoms with van der Waals surface area (Å²) < 4.78 is 16.2. The summed E-state index contributed by atoms with van der Waals surface area (Å²) in [4.78, 5) is 75.6. The number of ether oxygens (including phenoxy) is 3. The lowest BCUT2D eigenvalue weighted by Crippen LogP contribution is -2.51. The first-order chi connectivity index (χ1) is 26.5. The van der Waals surface area contributed by atoms with Gasteiger partial charge in [0, 0.05) is 28.7 Å². The highest BCUT2D eigenvalue weighted by Gasteiger charge is 2.34. The molecule has 0 aromatic heterocycles. The summed E-state index contributed by atoms with van der Waals surface area (Å²) in [6.45, 7) is 3.51. The van der Waals surface area contributed by atoms with Crippen LogP contribution >= 0.6 is 0 Å². The van der Waals surface area contributed by atoms with Gasteiger partial charge < -0.3 is 24.1 Å². The maximum absolute atomic E-state index is 12.8. The van der Waals surface area contributed by atoms with Crippen LogP contribution < -0.4 is 5.11 Å². The smallest absolute Gasteiger partial charge is 0.313 e.